The van der Waals surface area contributed by atoms with Crippen LogP contribution in [-0.4, -0.2) is 9.97 Å². The molecule has 4 aromatic heterocycles. The molecule has 0 radical (unpaired) electrons. The second kappa shape index (κ2) is 21.0. The average Bonchev–Trinajstić information content (AvgIpc) is 3.27. The summed E-state index contributed by atoms with van der Waals surface area (Å²) in [6.07, 6.45) is 3.66. The van der Waals surface area contributed by atoms with Crippen LogP contribution in [-0.2, 0) is 30.3 Å². The Morgan fingerprint density at radius 3 is 1.06 bits per heavy atom. The predicted octanol–water partition coefficient (Wildman–Crippen LogP) is 15.3. The van der Waals surface area contributed by atoms with Crippen LogP contribution in [0.1, 0.15) is 154 Å². The van der Waals surface area contributed by atoms with Gasteiger partial charge in [-0.3, -0.25) is 9.97 Å². The van der Waals surface area contributed by atoms with Crippen LogP contribution in [0.3, 0.4) is 0 Å². The second-order valence-corrected chi connectivity index (χ2v) is 20.9. The van der Waals surface area contributed by atoms with E-state index in [0.29, 0.717) is 46.3 Å². The van der Waals surface area contributed by atoms with E-state index in [-0.39, 0.29) is 30.3 Å². The van der Waals surface area contributed by atoms with Crippen molar-refractivity contribution in [2.45, 2.75) is 131 Å². The van der Waals surface area contributed by atoms with Gasteiger partial charge < -0.3 is 20.0 Å². The minimum atomic E-state index is 0. The van der Waals surface area contributed by atoms with Gasteiger partial charge in [0.15, 0.2) is 0 Å². The van der Waals surface area contributed by atoms with E-state index in [0.717, 1.165) is 21.8 Å². The van der Waals surface area contributed by atoms with Crippen LogP contribution < -0.4 is 20.9 Å². The molecule has 7 heteroatoms. The van der Waals surface area contributed by atoms with E-state index in [2.05, 4.69) is 216 Å². The van der Waals surface area contributed by atoms with Crippen LogP contribution in [0.5, 0.6) is 0 Å². The summed E-state index contributed by atoms with van der Waals surface area (Å²) in [6, 6.07) is 42.8. The third-order valence-corrected chi connectivity index (χ3v) is 12.4. The van der Waals surface area contributed by atoms with Crippen LogP contribution in [0.4, 0.5) is 11.6 Å². The molecule has 0 aliphatic carbocycles. The number of fused-ring (bicyclic) bond motifs is 2. The molecule has 0 saturated carbocycles. The fraction of sp³-hybridized carbons (Fsp3) is 0.333. The zero-order valence-corrected chi connectivity index (χ0v) is 45.4. The van der Waals surface area contributed by atoms with Crippen LogP contribution in [0.25, 0.3) is 44.1 Å². The molecule has 0 atom stereocenters. The van der Waals surface area contributed by atoms with Gasteiger partial charge in [0.2, 0.25) is 0 Å². The van der Waals surface area contributed by atoms with E-state index in [1.807, 2.05) is 24.5 Å². The Morgan fingerprint density at radius 1 is 0.418 bits per heavy atom. The smallest absolute Gasteiger partial charge is 0.443 e. The Kier molecular flexibility index (Phi) is 15.9. The molecule has 67 heavy (non-hydrogen) atoms. The SMILES string of the molecule is CC(C)c1cccc(C(C)C)c1-c1cccc2nc(N=c3cc(C(C)(C)C)cc[n-]3)ccc12.CC(C)c1cccc(C(C)C)c1-c1cccc2nc(N=c3cc(C(C)(C)C)cc[n-]3)ccc12.[Zn+2]. The maximum atomic E-state index is 4.89. The molecular weight excluding hydrogens is 870 g/mol. The third-order valence-electron chi connectivity index (χ3n) is 12.4. The summed E-state index contributed by atoms with van der Waals surface area (Å²) in [5.41, 5.74) is 16.5. The summed E-state index contributed by atoms with van der Waals surface area (Å²) in [5.74, 6) is 3.13. The van der Waals surface area contributed by atoms with Gasteiger partial charge >= 0.3 is 19.5 Å². The van der Waals surface area contributed by atoms with Gasteiger partial charge in [0.25, 0.3) is 0 Å². The average molecular weight is 939 g/mol. The van der Waals surface area contributed by atoms with Gasteiger partial charge in [0, 0.05) is 10.8 Å². The Balaban J connectivity index is 0.000000218. The third kappa shape index (κ3) is 11.7. The molecule has 0 amide bonds. The molecule has 0 spiro atoms. The molecule has 0 fully saturated rings. The van der Waals surface area contributed by atoms with Crippen molar-refractivity contribution in [2.75, 3.05) is 0 Å². The molecule has 4 aromatic carbocycles. The first kappa shape index (κ1) is 50.6. The minimum absolute atomic E-state index is 0. The number of benzene rings is 4. The minimum Gasteiger partial charge on any atom is -0.443 e. The number of rotatable bonds is 8. The molecule has 0 saturated heterocycles. The van der Waals surface area contributed by atoms with Gasteiger partial charge in [0.05, 0.1) is 22.7 Å². The Morgan fingerprint density at radius 2 is 0.746 bits per heavy atom. The van der Waals surface area contributed by atoms with Crippen molar-refractivity contribution < 1.29 is 19.5 Å². The maximum Gasteiger partial charge on any atom is 2.00 e. The van der Waals surface area contributed by atoms with Crippen molar-refractivity contribution >= 4 is 33.4 Å². The second-order valence-electron chi connectivity index (χ2n) is 20.9. The standard InChI is InChI=1S/2C30H34N3.Zn/c2*1-19(2)22-10-8-11-23(20(3)4)29(22)25-12-9-13-26-24(25)14-15-27(32-26)33-28-18-21(16-17-31-28)30(5,6)7;/h2*8-20H,1-7H3;/q2*-1;+2. The molecule has 0 aliphatic rings. The Bertz CT molecular complexity index is 2870. The summed E-state index contributed by atoms with van der Waals surface area (Å²) >= 11 is 0. The molecular formula is C60H68N6Zn. The molecule has 8 rings (SSSR count). The van der Waals surface area contributed by atoms with Crippen LogP contribution in [0.15, 0.2) is 144 Å². The number of pyridine rings is 4. The zero-order chi connectivity index (χ0) is 47.5. The van der Waals surface area contributed by atoms with E-state index in [1.54, 1.807) is 0 Å². The Hall–Kier alpha value is -5.78. The number of hydrogen-bond acceptors (Lipinski definition) is 4. The first-order valence-corrected chi connectivity index (χ1v) is 23.7. The summed E-state index contributed by atoms with van der Waals surface area (Å²) in [5, 5.41) is 2.31. The van der Waals surface area contributed by atoms with E-state index in [4.69, 9.17) is 20.0 Å². The molecule has 340 valence electrons. The maximum absolute atomic E-state index is 4.89. The largest absolute Gasteiger partial charge is 2.00 e. The number of nitrogens with zero attached hydrogens (tertiary/aromatic N) is 6. The van der Waals surface area contributed by atoms with E-state index < -0.39 is 0 Å². The van der Waals surface area contributed by atoms with E-state index >= 15 is 0 Å². The Labute approximate surface area is 412 Å². The first-order valence-electron chi connectivity index (χ1n) is 23.7. The van der Waals surface area contributed by atoms with Crippen LogP contribution in [0, 0.1) is 0 Å². The topological polar surface area (TPSA) is 78.7 Å². The van der Waals surface area contributed by atoms with Gasteiger partial charge in [-0.15, -0.1) is 0 Å². The van der Waals surface area contributed by atoms with Crippen molar-refractivity contribution in [3.63, 3.8) is 0 Å². The normalized spacial score (nSPS) is 12.6. The summed E-state index contributed by atoms with van der Waals surface area (Å²) < 4.78 is 0. The van der Waals surface area contributed by atoms with Crippen molar-refractivity contribution in [3.05, 3.63) is 178 Å². The van der Waals surface area contributed by atoms with Crippen molar-refractivity contribution in [1.82, 2.24) is 19.9 Å². The fourth-order valence-corrected chi connectivity index (χ4v) is 8.70. The van der Waals surface area contributed by atoms with Gasteiger partial charge in [0.1, 0.15) is 0 Å². The molecule has 0 N–H and O–H groups in total. The monoisotopic (exact) mass is 936 g/mol. The number of hydrogen-bond donors (Lipinski definition) is 0. The van der Waals surface area contributed by atoms with Crippen LogP contribution in [0.2, 0.25) is 0 Å². The van der Waals surface area contributed by atoms with Crippen molar-refractivity contribution in [1.29, 1.82) is 0 Å². The van der Waals surface area contributed by atoms with Gasteiger partial charge in [-0.25, -0.2) is 0 Å². The molecule has 6 nitrogen and oxygen atoms in total. The number of aromatic nitrogens is 4. The predicted molar refractivity (Wildman–Crippen MR) is 278 cm³/mol. The first-order chi connectivity index (χ1) is 31.3. The van der Waals surface area contributed by atoms with Crippen LogP contribution >= 0.6 is 0 Å². The molecule has 4 heterocycles. The molecule has 0 bridgehead atoms. The summed E-state index contributed by atoms with van der Waals surface area (Å²) in [4.78, 5) is 28.2. The summed E-state index contributed by atoms with van der Waals surface area (Å²) in [6.45, 7) is 31.3. The molecule has 0 aliphatic heterocycles. The van der Waals surface area contributed by atoms with Crippen molar-refractivity contribution in [3.8, 4) is 22.3 Å². The fourth-order valence-electron chi connectivity index (χ4n) is 8.70. The quantitative estimate of drug-likeness (QED) is 0.142. The summed E-state index contributed by atoms with van der Waals surface area (Å²) in [7, 11) is 0. The van der Waals surface area contributed by atoms with E-state index in [9.17, 15) is 0 Å². The molecule has 0 unspecified atom stereocenters. The molecule has 8 aromatic rings. The van der Waals surface area contributed by atoms with Gasteiger partial charge in [-0.05, 0) is 114 Å². The van der Waals surface area contributed by atoms with Crippen molar-refractivity contribution in [2.24, 2.45) is 9.98 Å². The zero-order valence-electron chi connectivity index (χ0n) is 42.4. The van der Waals surface area contributed by atoms with E-state index in [1.165, 1.54) is 55.6 Å². The van der Waals surface area contributed by atoms with Gasteiger partial charge in [-0.1, -0.05) is 217 Å². The van der Waals surface area contributed by atoms with Gasteiger partial charge in [-0.2, -0.15) is 0 Å².